The first kappa shape index (κ1) is 13.8. The van der Waals surface area contributed by atoms with Crippen LogP contribution in [0.25, 0.3) is 0 Å². The first-order valence-electron chi connectivity index (χ1n) is 5.67. The van der Waals surface area contributed by atoms with Gasteiger partial charge in [0.2, 0.25) is 0 Å². The Morgan fingerprint density at radius 3 is 2.53 bits per heavy atom. The first-order chi connectivity index (χ1) is 8.27. The summed E-state index contributed by atoms with van der Waals surface area (Å²) < 4.78 is 10.3. The van der Waals surface area contributed by atoms with Crippen LogP contribution < -0.4 is 9.47 Å². The van der Waals surface area contributed by atoms with Crippen molar-refractivity contribution in [1.82, 2.24) is 0 Å². The van der Waals surface area contributed by atoms with Gasteiger partial charge in [-0.05, 0) is 25.0 Å². The van der Waals surface area contributed by atoms with Gasteiger partial charge in [-0.1, -0.05) is 18.6 Å². The Balaban J connectivity index is 2.39. The van der Waals surface area contributed by atoms with Crippen molar-refractivity contribution in [3.8, 4) is 11.5 Å². The van der Waals surface area contributed by atoms with Crippen LogP contribution in [-0.2, 0) is 4.79 Å². The number of halogens is 1. The van der Waals surface area contributed by atoms with E-state index >= 15 is 0 Å². The normalized spacial score (nSPS) is 10.0. The van der Waals surface area contributed by atoms with Crippen LogP contribution in [0.1, 0.15) is 25.7 Å². The molecule has 94 valence electrons. The van der Waals surface area contributed by atoms with E-state index in [1.54, 1.807) is 25.3 Å². The van der Waals surface area contributed by atoms with Gasteiger partial charge in [0.1, 0.15) is 0 Å². The van der Waals surface area contributed by atoms with E-state index in [0.717, 1.165) is 19.3 Å². The third-order valence-electron chi connectivity index (χ3n) is 2.31. The molecule has 0 heterocycles. The molecule has 1 aromatic carbocycles. The molecule has 0 N–H and O–H groups in total. The Morgan fingerprint density at radius 1 is 1.18 bits per heavy atom. The fourth-order valence-electron chi connectivity index (χ4n) is 1.42. The molecule has 0 aliphatic heterocycles. The van der Waals surface area contributed by atoms with Crippen LogP contribution in [0.15, 0.2) is 24.3 Å². The molecule has 0 amide bonds. The first-order valence-corrected chi connectivity index (χ1v) is 6.21. The molecule has 1 aromatic rings. The third-order valence-corrected chi connectivity index (χ3v) is 2.57. The van der Waals surface area contributed by atoms with E-state index in [0.29, 0.717) is 23.8 Å². The summed E-state index contributed by atoms with van der Waals surface area (Å²) in [6, 6.07) is 7.11. The maximum Gasteiger partial charge on any atom is 0.311 e. The Kier molecular flexibility index (Phi) is 6.48. The van der Waals surface area contributed by atoms with E-state index in [2.05, 4.69) is 0 Å². The number of unbranched alkanes of at least 4 members (excludes halogenated alkanes) is 2. The average Bonchev–Trinajstić information content (AvgIpc) is 2.35. The summed E-state index contributed by atoms with van der Waals surface area (Å²) in [7, 11) is 1.55. The highest BCUT2D eigenvalue weighted by molar-refractivity contribution is 6.17. The number of ether oxygens (including phenoxy) is 2. The number of hydrogen-bond acceptors (Lipinski definition) is 3. The number of carbonyl (C=O) groups excluding carboxylic acids is 1. The molecule has 4 heteroatoms. The lowest BCUT2D eigenvalue weighted by Crippen LogP contribution is -2.08. The second-order valence-electron chi connectivity index (χ2n) is 3.62. The number of rotatable bonds is 7. The largest absolute Gasteiger partial charge is 0.493 e. The molecular formula is C13H17ClO3. The molecule has 1 rings (SSSR count). The molecule has 0 fully saturated rings. The van der Waals surface area contributed by atoms with Gasteiger partial charge < -0.3 is 9.47 Å². The number of hydrogen-bond donors (Lipinski definition) is 0. The predicted molar refractivity (Wildman–Crippen MR) is 67.8 cm³/mol. The van der Waals surface area contributed by atoms with Crippen LogP contribution in [-0.4, -0.2) is 19.0 Å². The summed E-state index contributed by atoms with van der Waals surface area (Å²) in [6.07, 6.45) is 3.10. The number of benzene rings is 1. The highest BCUT2D eigenvalue weighted by atomic mass is 35.5. The smallest absolute Gasteiger partial charge is 0.311 e. The van der Waals surface area contributed by atoms with Crippen molar-refractivity contribution < 1.29 is 14.3 Å². The van der Waals surface area contributed by atoms with Gasteiger partial charge in [0, 0.05) is 12.3 Å². The lowest BCUT2D eigenvalue weighted by molar-refractivity contribution is -0.134. The fourth-order valence-corrected chi connectivity index (χ4v) is 1.61. The van der Waals surface area contributed by atoms with Crippen molar-refractivity contribution in [2.45, 2.75) is 25.7 Å². The summed E-state index contributed by atoms with van der Waals surface area (Å²) in [6.45, 7) is 0. The molecule has 0 aliphatic rings. The van der Waals surface area contributed by atoms with Gasteiger partial charge in [0.25, 0.3) is 0 Å². The summed E-state index contributed by atoms with van der Waals surface area (Å²) in [5, 5.41) is 0. The predicted octanol–water partition coefficient (Wildman–Crippen LogP) is 3.40. The van der Waals surface area contributed by atoms with Crippen LogP contribution in [0.5, 0.6) is 11.5 Å². The number of esters is 1. The zero-order chi connectivity index (χ0) is 12.5. The highest BCUT2D eigenvalue weighted by Crippen LogP contribution is 2.26. The monoisotopic (exact) mass is 256 g/mol. The summed E-state index contributed by atoms with van der Waals surface area (Å²) >= 11 is 5.55. The van der Waals surface area contributed by atoms with Gasteiger partial charge >= 0.3 is 5.97 Å². The van der Waals surface area contributed by atoms with E-state index in [1.807, 2.05) is 6.07 Å². The van der Waals surface area contributed by atoms with E-state index in [1.165, 1.54) is 0 Å². The Hall–Kier alpha value is -1.22. The molecule has 0 unspecified atom stereocenters. The molecule has 0 aliphatic carbocycles. The number of alkyl halides is 1. The van der Waals surface area contributed by atoms with Crippen LogP contribution in [0.3, 0.4) is 0 Å². The second kappa shape index (κ2) is 7.96. The minimum Gasteiger partial charge on any atom is -0.493 e. The van der Waals surface area contributed by atoms with Crippen molar-refractivity contribution in [2.75, 3.05) is 13.0 Å². The molecule has 0 radical (unpaired) electrons. The van der Waals surface area contributed by atoms with Gasteiger partial charge in [-0.15, -0.1) is 11.6 Å². The van der Waals surface area contributed by atoms with Crippen LogP contribution in [0, 0.1) is 0 Å². The SMILES string of the molecule is COc1ccccc1OC(=O)CCCCCCl. The Bertz CT molecular complexity index is 352. The van der Waals surface area contributed by atoms with Crippen LogP contribution in [0.2, 0.25) is 0 Å². The second-order valence-corrected chi connectivity index (χ2v) is 4.00. The maximum atomic E-state index is 11.5. The van der Waals surface area contributed by atoms with Crippen LogP contribution in [0.4, 0.5) is 0 Å². The summed E-state index contributed by atoms with van der Waals surface area (Å²) in [4.78, 5) is 11.5. The lowest BCUT2D eigenvalue weighted by Gasteiger charge is -2.08. The zero-order valence-electron chi connectivity index (χ0n) is 9.95. The standard InChI is InChI=1S/C13H17ClO3/c1-16-11-7-4-5-8-12(11)17-13(15)9-3-2-6-10-14/h4-5,7-8H,2-3,6,9-10H2,1H3. The molecule has 17 heavy (non-hydrogen) atoms. The summed E-state index contributed by atoms with van der Waals surface area (Å²) in [5.41, 5.74) is 0. The maximum absolute atomic E-state index is 11.5. The molecule has 0 bridgehead atoms. The Morgan fingerprint density at radius 2 is 1.88 bits per heavy atom. The minimum atomic E-state index is -0.232. The van der Waals surface area contributed by atoms with Crippen molar-refractivity contribution in [3.05, 3.63) is 24.3 Å². The van der Waals surface area contributed by atoms with Crippen molar-refractivity contribution in [1.29, 1.82) is 0 Å². The van der Waals surface area contributed by atoms with Crippen LogP contribution >= 0.6 is 11.6 Å². The quantitative estimate of drug-likeness (QED) is 0.325. The average molecular weight is 257 g/mol. The molecule has 0 saturated carbocycles. The molecule has 0 atom stereocenters. The number of carbonyl (C=O) groups is 1. The number of para-hydroxylation sites is 2. The minimum absolute atomic E-state index is 0.232. The molecule has 0 aromatic heterocycles. The zero-order valence-corrected chi connectivity index (χ0v) is 10.7. The van der Waals surface area contributed by atoms with E-state index in [-0.39, 0.29) is 5.97 Å². The van der Waals surface area contributed by atoms with Crippen molar-refractivity contribution in [3.63, 3.8) is 0 Å². The molecule has 0 saturated heterocycles. The lowest BCUT2D eigenvalue weighted by atomic mass is 10.2. The summed E-state index contributed by atoms with van der Waals surface area (Å²) in [5.74, 6) is 1.45. The molecular weight excluding hydrogens is 240 g/mol. The van der Waals surface area contributed by atoms with E-state index in [9.17, 15) is 4.79 Å². The third kappa shape index (κ3) is 5.09. The molecule has 0 spiro atoms. The van der Waals surface area contributed by atoms with Gasteiger partial charge in [-0.25, -0.2) is 0 Å². The van der Waals surface area contributed by atoms with Gasteiger partial charge in [0.05, 0.1) is 7.11 Å². The van der Waals surface area contributed by atoms with E-state index in [4.69, 9.17) is 21.1 Å². The fraction of sp³-hybridized carbons (Fsp3) is 0.462. The van der Waals surface area contributed by atoms with E-state index < -0.39 is 0 Å². The highest BCUT2D eigenvalue weighted by Gasteiger charge is 2.08. The topological polar surface area (TPSA) is 35.5 Å². The van der Waals surface area contributed by atoms with Crippen molar-refractivity contribution in [2.24, 2.45) is 0 Å². The Labute approximate surface area is 107 Å². The van der Waals surface area contributed by atoms with Gasteiger partial charge in [-0.3, -0.25) is 4.79 Å². The van der Waals surface area contributed by atoms with Gasteiger partial charge in [0.15, 0.2) is 11.5 Å². The van der Waals surface area contributed by atoms with Gasteiger partial charge in [-0.2, -0.15) is 0 Å². The number of methoxy groups -OCH3 is 1. The van der Waals surface area contributed by atoms with Crippen molar-refractivity contribution >= 4 is 17.6 Å². The molecule has 3 nitrogen and oxygen atoms in total.